The lowest BCUT2D eigenvalue weighted by atomic mass is 10.1. The van der Waals surface area contributed by atoms with Gasteiger partial charge < -0.3 is 19.8 Å². The summed E-state index contributed by atoms with van der Waals surface area (Å²) in [6.07, 6.45) is 1.32. The molecule has 2 aromatic carbocycles. The molecule has 0 saturated heterocycles. The van der Waals surface area contributed by atoms with Gasteiger partial charge in [-0.3, -0.25) is 9.59 Å². The summed E-state index contributed by atoms with van der Waals surface area (Å²) in [5.74, 6) is -1.95. The fourth-order valence-corrected chi connectivity index (χ4v) is 3.09. The van der Waals surface area contributed by atoms with Gasteiger partial charge in [0.05, 0.1) is 11.9 Å². The number of aromatic nitrogens is 2. The minimum Gasteiger partial charge on any atom is -0.456 e. The average molecular weight is 485 g/mol. The van der Waals surface area contributed by atoms with E-state index in [4.69, 9.17) is 20.8 Å². The second kappa shape index (κ2) is 9.67. The molecule has 0 fully saturated rings. The molecule has 4 aromatic rings. The van der Waals surface area contributed by atoms with Crippen LogP contribution < -0.4 is 15.4 Å². The average Bonchev–Trinajstić information content (AvgIpc) is 3.23. The van der Waals surface area contributed by atoms with E-state index in [2.05, 4.69) is 20.6 Å². The van der Waals surface area contributed by atoms with E-state index in [0.717, 1.165) is 6.07 Å². The summed E-state index contributed by atoms with van der Waals surface area (Å²) in [6, 6.07) is 11.9. The number of hydrogen-bond donors (Lipinski definition) is 2. The summed E-state index contributed by atoms with van der Waals surface area (Å²) < 4.78 is 38.7. The normalized spacial score (nSPS) is 10.6. The van der Waals surface area contributed by atoms with Gasteiger partial charge in [0.2, 0.25) is 0 Å². The SMILES string of the molecule is CNC(=O)c1ccc(Oc2ccc(NC(=O)c3nc(Cl)oc3-c3ccc(F)cc3)c(F)c2)cn1. The Balaban J connectivity index is 1.50. The molecule has 4 rings (SSSR count). The van der Waals surface area contributed by atoms with Crippen LogP contribution in [0.15, 0.2) is 65.2 Å². The molecule has 0 spiro atoms. The number of hydrogen-bond acceptors (Lipinski definition) is 6. The van der Waals surface area contributed by atoms with Crippen LogP contribution in [0.2, 0.25) is 5.35 Å². The first kappa shape index (κ1) is 22.9. The number of oxazole rings is 1. The van der Waals surface area contributed by atoms with E-state index in [1.165, 1.54) is 61.8 Å². The summed E-state index contributed by atoms with van der Waals surface area (Å²) in [4.78, 5) is 32.1. The van der Waals surface area contributed by atoms with Crippen LogP contribution in [-0.2, 0) is 0 Å². The maximum Gasteiger partial charge on any atom is 0.293 e. The first-order valence-corrected chi connectivity index (χ1v) is 10.1. The highest BCUT2D eigenvalue weighted by molar-refractivity contribution is 6.28. The van der Waals surface area contributed by atoms with Crippen LogP contribution in [0.25, 0.3) is 11.3 Å². The van der Waals surface area contributed by atoms with E-state index in [1.54, 1.807) is 0 Å². The van der Waals surface area contributed by atoms with Crippen molar-refractivity contribution >= 4 is 29.1 Å². The van der Waals surface area contributed by atoms with E-state index < -0.39 is 17.5 Å². The van der Waals surface area contributed by atoms with Crippen molar-refractivity contribution in [1.82, 2.24) is 15.3 Å². The molecule has 2 N–H and O–H groups in total. The van der Waals surface area contributed by atoms with E-state index >= 15 is 0 Å². The highest BCUT2D eigenvalue weighted by Gasteiger charge is 2.22. The number of halogens is 3. The van der Waals surface area contributed by atoms with Gasteiger partial charge in [-0.25, -0.2) is 13.8 Å². The molecule has 11 heteroatoms. The number of rotatable bonds is 6. The topological polar surface area (TPSA) is 106 Å². The van der Waals surface area contributed by atoms with Crippen LogP contribution in [-0.4, -0.2) is 28.8 Å². The molecule has 0 unspecified atom stereocenters. The van der Waals surface area contributed by atoms with Crippen molar-refractivity contribution in [2.45, 2.75) is 0 Å². The van der Waals surface area contributed by atoms with Crippen molar-refractivity contribution < 1.29 is 27.5 Å². The van der Waals surface area contributed by atoms with Crippen molar-refractivity contribution in [2.24, 2.45) is 0 Å². The largest absolute Gasteiger partial charge is 0.456 e. The van der Waals surface area contributed by atoms with Crippen LogP contribution in [0, 0.1) is 11.6 Å². The zero-order chi connectivity index (χ0) is 24.2. The van der Waals surface area contributed by atoms with Gasteiger partial charge in [0, 0.05) is 18.7 Å². The Kier molecular flexibility index (Phi) is 6.51. The zero-order valence-corrected chi connectivity index (χ0v) is 18.2. The van der Waals surface area contributed by atoms with Gasteiger partial charge in [0.1, 0.15) is 28.8 Å². The lowest BCUT2D eigenvalue weighted by Crippen LogP contribution is -2.18. The number of carbonyl (C=O) groups excluding carboxylic acids is 2. The molecule has 0 aliphatic rings. The molecule has 0 radical (unpaired) electrons. The summed E-state index contributed by atoms with van der Waals surface area (Å²) in [5, 5.41) is 4.54. The maximum absolute atomic E-state index is 14.6. The monoisotopic (exact) mass is 484 g/mol. The summed E-state index contributed by atoms with van der Waals surface area (Å²) in [7, 11) is 1.48. The van der Waals surface area contributed by atoms with Gasteiger partial charge in [0.25, 0.3) is 17.2 Å². The molecule has 0 aliphatic carbocycles. The Bertz CT molecular complexity index is 1360. The lowest BCUT2D eigenvalue weighted by Gasteiger charge is -2.09. The van der Waals surface area contributed by atoms with Gasteiger partial charge in [-0.1, -0.05) is 0 Å². The number of amides is 2. The zero-order valence-electron chi connectivity index (χ0n) is 17.4. The predicted octanol–water partition coefficient (Wildman–Crippen LogP) is 5.07. The summed E-state index contributed by atoms with van der Waals surface area (Å²) in [6.45, 7) is 0. The van der Waals surface area contributed by atoms with E-state index in [1.807, 2.05) is 0 Å². The Morgan fingerprint density at radius 3 is 2.38 bits per heavy atom. The molecule has 2 heterocycles. The van der Waals surface area contributed by atoms with Gasteiger partial charge >= 0.3 is 0 Å². The highest BCUT2D eigenvalue weighted by atomic mass is 35.5. The van der Waals surface area contributed by atoms with Gasteiger partial charge in [0.15, 0.2) is 11.5 Å². The molecular formula is C23H15ClF2N4O4. The van der Waals surface area contributed by atoms with Gasteiger partial charge in [-0.2, -0.15) is 4.98 Å². The fourth-order valence-electron chi connectivity index (χ4n) is 2.93. The lowest BCUT2D eigenvalue weighted by molar-refractivity contribution is 0.0957. The smallest absolute Gasteiger partial charge is 0.293 e. The Labute approximate surface area is 196 Å². The number of anilines is 1. The molecule has 0 saturated carbocycles. The molecule has 0 atom stereocenters. The molecule has 172 valence electrons. The Morgan fingerprint density at radius 1 is 1.00 bits per heavy atom. The molecule has 0 bridgehead atoms. The van der Waals surface area contributed by atoms with E-state index in [-0.39, 0.29) is 45.6 Å². The second-order valence-corrected chi connectivity index (χ2v) is 7.13. The van der Waals surface area contributed by atoms with Crippen LogP contribution >= 0.6 is 11.6 Å². The Morgan fingerprint density at radius 2 is 1.74 bits per heavy atom. The molecule has 34 heavy (non-hydrogen) atoms. The van der Waals surface area contributed by atoms with Crippen LogP contribution in [0.1, 0.15) is 21.0 Å². The minimum absolute atomic E-state index is 0.00978. The van der Waals surface area contributed by atoms with Crippen molar-refractivity contribution in [1.29, 1.82) is 0 Å². The van der Waals surface area contributed by atoms with Gasteiger partial charge in [-0.05, 0) is 60.1 Å². The third-order valence-electron chi connectivity index (χ3n) is 4.54. The standard InChI is InChI=1S/C23H15ClF2N4O4/c1-27-21(31)18-9-7-15(11-28-18)33-14-6-8-17(16(26)10-14)29-22(32)19-20(34-23(24)30-19)12-2-4-13(25)5-3-12/h2-11H,1H3,(H,27,31)(H,29,32). The van der Waals surface area contributed by atoms with Gasteiger partial charge in [-0.15, -0.1) is 0 Å². The van der Waals surface area contributed by atoms with Crippen molar-refractivity contribution in [2.75, 3.05) is 12.4 Å². The number of carbonyl (C=O) groups is 2. The van der Waals surface area contributed by atoms with Crippen LogP contribution in [0.4, 0.5) is 14.5 Å². The molecule has 2 amide bonds. The molecule has 0 aliphatic heterocycles. The minimum atomic E-state index is -0.781. The van der Waals surface area contributed by atoms with Crippen molar-refractivity contribution in [3.63, 3.8) is 0 Å². The van der Waals surface area contributed by atoms with Crippen molar-refractivity contribution in [3.8, 4) is 22.8 Å². The number of ether oxygens (including phenoxy) is 1. The number of nitrogens with one attached hydrogen (secondary N) is 2. The molecule has 2 aromatic heterocycles. The first-order valence-electron chi connectivity index (χ1n) is 9.73. The Hall–Kier alpha value is -4.31. The van der Waals surface area contributed by atoms with Crippen LogP contribution in [0.3, 0.4) is 0 Å². The summed E-state index contributed by atoms with van der Waals surface area (Å²) in [5.41, 5.74) is 0.228. The highest BCUT2D eigenvalue weighted by Crippen LogP contribution is 2.29. The third-order valence-corrected chi connectivity index (χ3v) is 4.70. The van der Waals surface area contributed by atoms with E-state index in [9.17, 15) is 18.4 Å². The number of nitrogens with zero attached hydrogens (tertiary/aromatic N) is 2. The second-order valence-electron chi connectivity index (χ2n) is 6.81. The maximum atomic E-state index is 14.6. The van der Waals surface area contributed by atoms with Crippen LogP contribution in [0.5, 0.6) is 11.5 Å². The number of benzene rings is 2. The van der Waals surface area contributed by atoms with Crippen molar-refractivity contribution in [3.05, 3.63) is 89.2 Å². The predicted molar refractivity (Wildman–Crippen MR) is 119 cm³/mol. The quantitative estimate of drug-likeness (QED) is 0.395. The molecular weight excluding hydrogens is 470 g/mol. The third kappa shape index (κ3) is 5.02. The molecule has 8 nitrogen and oxygen atoms in total. The fraction of sp³-hybridized carbons (Fsp3) is 0.0435. The number of pyridine rings is 1. The summed E-state index contributed by atoms with van der Waals surface area (Å²) >= 11 is 5.81. The first-order chi connectivity index (χ1) is 16.3. The van der Waals surface area contributed by atoms with E-state index in [0.29, 0.717) is 5.56 Å².